The normalized spacial score (nSPS) is 9.71. The van der Waals surface area contributed by atoms with E-state index in [4.69, 9.17) is 22.3 Å². The number of hydrogen-bond donors (Lipinski definition) is 4. The monoisotopic (exact) mass is 195 g/mol. The minimum absolute atomic E-state index is 0.00380. The van der Waals surface area contributed by atoms with Gasteiger partial charge in [-0.05, 0) is 12.1 Å². The van der Waals surface area contributed by atoms with E-state index < -0.39 is 11.9 Å². The summed E-state index contributed by atoms with van der Waals surface area (Å²) in [5, 5.41) is 8.67. The second kappa shape index (κ2) is 3.25. The van der Waals surface area contributed by atoms with Crippen LogP contribution in [0.5, 0.6) is 0 Å². The average molecular weight is 195 g/mol. The van der Waals surface area contributed by atoms with Crippen LogP contribution in [-0.4, -0.2) is 17.0 Å². The topological polar surface area (TPSA) is 132 Å². The second-order valence-corrected chi connectivity index (χ2v) is 2.70. The quantitative estimate of drug-likeness (QED) is 0.478. The fourth-order valence-corrected chi connectivity index (χ4v) is 1.03. The third-order valence-electron chi connectivity index (χ3n) is 1.72. The molecule has 0 fully saturated rings. The van der Waals surface area contributed by atoms with Gasteiger partial charge in [0, 0.05) is 11.4 Å². The predicted molar refractivity (Wildman–Crippen MR) is 50.7 cm³/mol. The summed E-state index contributed by atoms with van der Waals surface area (Å²) < 4.78 is 0. The van der Waals surface area contributed by atoms with Crippen molar-refractivity contribution in [2.75, 3.05) is 11.5 Å². The van der Waals surface area contributed by atoms with Gasteiger partial charge in [-0.1, -0.05) is 0 Å². The molecule has 1 aromatic rings. The number of carbonyl (C=O) groups excluding carboxylic acids is 1. The van der Waals surface area contributed by atoms with E-state index >= 15 is 0 Å². The van der Waals surface area contributed by atoms with Gasteiger partial charge in [-0.3, -0.25) is 4.79 Å². The molecule has 14 heavy (non-hydrogen) atoms. The third-order valence-corrected chi connectivity index (χ3v) is 1.72. The van der Waals surface area contributed by atoms with Crippen LogP contribution < -0.4 is 17.2 Å². The Labute approximate surface area is 79.3 Å². The summed E-state index contributed by atoms with van der Waals surface area (Å²) in [6.07, 6.45) is 0. The molecule has 0 saturated heterocycles. The van der Waals surface area contributed by atoms with E-state index in [9.17, 15) is 9.59 Å². The lowest BCUT2D eigenvalue weighted by Gasteiger charge is -2.06. The lowest BCUT2D eigenvalue weighted by molar-refractivity contribution is 0.0697. The Bertz CT molecular complexity index is 375. The van der Waals surface area contributed by atoms with E-state index in [0.29, 0.717) is 0 Å². The number of hydrogen-bond acceptors (Lipinski definition) is 4. The van der Waals surface area contributed by atoms with Gasteiger partial charge in [-0.15, -0.1) is 0 Å². The maximum Gasteiger partial charge on any atom is 0.337 e. The van der Waals surface area contributed by atoms with Crippen molar-refractivity contribution in [3.05, 3.63) is 23.3 Å². The number of benzene rings is 1. The molecule has 0 spiro atoms. The number of carbonyl (C=O) groups is 2. The molecule has 6 heteroatoms. The van der Waals surface area contributed by atoms with Crippen molar-refractivity contribution < 1.29 is 14.7 Å². The molecule has 6 nitrogen and oxygen atoms in total. The van der Waals surface area contributed by atoms with E-state index in [-0.39, 0.29) is 22.5 Å². The second-order valence-electron chi connectivity index (χ2n) is 2.70. The maximum absolute atomic E-state index is 10.8. The first kappa shape index (κ1) is 9.85. The Kier molecular flexibility index (Phi) is 2.29. The van der Waals surface area contributed by atoms with Gasteiger partial charge in [0.25, 0.3) is 5.91 Å². The van der Waals surface area contributed by atoms with E-state index in [1.807, 2.05) is 0 Å². The van der Waals surface area contributed by atoms with Crippen LogP contribution in [0, 0.1) is 0 Å². The number of amides is 1. The molecule has 0 aromatic heterocycles. The zero-order chi connectivity index (χ0) is 10.9. The molecular formula is C8H9N3O3. The molecule has 74 valence electrons. The average Bonchev–Trinajstić information content (AvgIpc) is 2.07. The van der Waals surface area contributed by atoms with Gasteiger partial charge in [0.2, 0.25) is 0 Å². The highest BCUT2D eigenvalue weighted by atomic mass is 16.4. The molecule has 0 bridgehead atoms. The largest absolute Gasteiger partial charge is 0.478 e. The first-order valence-electron chi connectivity index (χ1n) is 3.65. The summed E-state index contributed by atoms with van der Waals surface area (Å²) >= 11 is 0. The van der Waals surface area contributed by atoms with Crippen LogP contribution in [0.3, 0.4) is 0 Å². The van der Waals surface area contributed by atoms with Crippen molar-refractivity contribution in [1.82, 2.24) is 0 Å². The molecule has 0 unspecified atom stereocenters. The van der Waals surface area contributed by atoms with Crippen LogP contribution in [-0.2, 0) is 0 Å². The molecular weight excluding hydrogens is 186 g/mol. The number of aromatic carboxylic acids is 1. The minimum atomic E-state index is -1.20. The molecule has 0 atom stereocenters. The fourth-order valence-electron chi connectivity index (χ4n) is 1.03. The Morgan fingerprint density at radius 2 is 1.50 bits per heavy atom. The molecule has 1 rings (SSSR count). The number of anilines is 2. The first-order valence-corrected chi connectivity index (χ1v) is 3.65. The van der Waals surface area contributed by atoms with Crippen LogP contribution in [0.2, 0.25) is 0 Å². The Hall–Kier alpha value is -2.24. The maximum atomic E-state index is 10.8. The van der Waals surface area contributed by atoms with Gasteiger partial charge in [-0.25, -0.2) is 4.79 Å². The van der Waals surface area contributed by atoms with Crippen LogP contribution in [0.25, 0.3) is 0 Å². The summed E-state index contributed by atoms with van der Waals surface area (Å²) in [5.74, 6) is -1.95. The smallest absolute Gasteiger partial charge is 0.337 e. The molecule has 1 aromatic carbocycles. The molecule has 0 aliphatic heterocycles. The third kappa shape index (κ3) is 1.58. The first-order chi connectivity index (χ1) is 6.43. The van der Waals surface area contributed by atoms with E-state index in [2.05, 4.69) is 0 Å². The van der Waals surface area contributed by atoms with Crippen LogP contribution in [0.4, 0.5) is 11.4 Å². The molecule has 0 aliphatic rings. The van der Waals surface area contributed by atoms with E-state index in [1.54, 1.807) is 0 Å². The summed E-state index contributed by atoms with van der Waals surface area (Å²) in [5.41, 5.74) is 15.6. The summed E-state index contributed by atoms with van der Waals surface area (Å²) in [6, 6.07) is 2.26. The molecule has 7 N–H and O–H groups in total. The van der Waals surface area contributed by atoms with Crippen molar-refractivity contribution in [2.45, 2.75) is 0 Å². The molecule has 0 saturated carbocycles. The van der Waals surface area contributed by atoms with Crippen LogP contribution in [0.1, 0.15) is 20.7 Å². The van der Waals surface area contributed by atoms with Gasteiger partial charge >= 0.3 is 5.97 Å². The van der Waals surface area contributed by atoms with E-state index in [1.165, 1.54) is 0 Å². The number of primary amides is 1. The van der Waals surface area contributed by atoms with Gasteiger partial charge in [-0.2, -0.15) is 0 Å². The number of nitrogens with two attached hydrogens (primary N) is 3. The number of carboxylic acid groups (broad SMARTS) is 1. The zero-order valence-corrected chi connectivity index (χ0v) is 7.15. The predicted octanol–water partition coefficient (Wildman–Crippen LogP) is -0.352. The van der Waals surface area contributed by atoms with Gasteiger partial charge in [0.05, 0.1) is 11.1 Å². The Balaban J connectivity index is 3.38. The number of rotatable bonds is 2. The summed E-state index contributed by atoms with van der Waals surface area (Å²) in [4.78, 5) is 21.4. The van der Waals surface area contributed by atoms with Crippen LogP contribution >= 0.6 is 0 Å². The SMILES string of the molecule is NC(=O)c1cc(N)c(C(=O)O)cc1N. The van der Waals surface area contributed by atoms with Crippen molar-refractivity contribution in [2.24, 2.45) is 5.73 Å². The van der Waals surface area contributed by atoms with Gasteiger partial charge < -0.3 is 22.3 Å². The highest BCUT2D eigenvalue weighted by Gasteiger charge is 2.13. The Morgan fingerprint density at radius 1 is 1.07 bits per heavy atom. The minimum Gasteiger partial charge on any atom is -0.478 e. The zero-order valence-electron chi connectivity index (χ0n) is 7.15. The van der Waals surface area contributed by atoms with Gasteiger partial charge in [0.15, 0.2) is 0 Å². The molecule has 1 amide bonds. The lowest BCUT2D eigenvalue weighted by atomic mass is 10.1. The summed E-state index contributed by atoms with van der Waals surface area (Å²) in [7, 11) is 0. The highest BCUT2D eigenvalue weighted by Crippen LogP contribution is 2.20. The van der Waals surface area contributed by atoms with Crippen LogP contribution in [0.15, 0.2) is 12.1 Å². The van der Waals surface area contributed by atoms with Crippen molar-refractivity contribution in [1.29, 1.82) is 0 Å². The molecule has 0 heterocycles. The van der Waals surface area contributed by atoms with Crippen molar-refractivity contribution >= 4 is 23.3 Å². The number of nitrogen functional groups attached to an aromatic ring is 2. The fraction of sp³-hybridized carbons (Fsp3) is 0. The lowest BCUT2D eigenvalue weighted by Crippen LogP contribution is -2.15. The Morgan fingerprint density at radius 3 is 1.93 bits per heavy atom. The van der Waals surface area contributed by atoms with Crippen molar-refractivity contribution in [3.63, 3.8) is 0 Å². The molecule has 0 radical (unpaired) electrons. The highest BCUT2D eigenvalue weighted by molar-refractivity contribution is 6.03. The molecule has 0 aliphatic carbocycles. The number of carboxylic acids is 1. The summed E-state index contributed by atoms with van der Waals surface area (Å²) in [6.45, 7) is 0. The standard InChI is InChI=1S/C8H9N3O3/c9-5-2-4(8(13)14)6(10)1-3(5)7(11)12/h1-2H,9-10H2,(H2,11,12)(H,13,14). The van der Waals surface area contributed by atoms with Crippen molar-refractivity contribution in [3.8, 4) is 0 Å². The van der Waals surface area contributed by atoms with E-state index in [0.717, 1.165) is 12.1 Å². The van der Waals surface area contributed by atoms with Gasteiger partial charge in [0.1, 0.15) is 0 Å².